The summed E-state index contributed by atoms with van der Waals surface area (Å²) in [7, 11) is 0. The molecule has 0 atom stereocenters. The summed E-state index contributed by atoms with van der Waals surface area (Å²) in [5.41, 5.74) is 0. The fourth-order valence-electron chi connectivity index (χ4n) is 1.79. The van der Waals surface area contributed by atoms with E-state index in [0.717, 1.165) is 38.5 Å². The van der Waals surface area contributed by atoms with Crippen LogP contribution in [0.5, 0.6) is 0 Å². The van der Waals surface area contributed by atoms with Crippen molar-refractivity contribution in [3.8, 4) is 0 Å². The zero-order valence-electron chi connectivity index (χ0n) is 16.2. The number of carbonyl (C=O) groups excluding carboxylic acids is 2. The van der Waals surface area contributed by atoms with Crippen LogP contribution >= 0.6 is 0 Å². The van der Waals surface area contributed by atoms with Crippen molar-refractivity contribution in [2.75, 3.05) is 26.4 Å². The van der Waals surface area contributed by atoms with Gasteiger partial charge < -0.3 is 18.9 Å². The minimum Gasteiger partial charge on any atom is -0.457 e. The average molecular weight is 394 g/mol. The number of hydrogen-bond acceptors (Lipinski definition) is 6. The van der Waals surface area contributed by atoms with E-state index < -0.39 is 11.9 Å². The standard InChI is InChI=1S/C18H34O6.Ti/c1-5-8-11-22-18(23-12-9-6-2,24-13-10-7-3)15-21-17(20)14-16(4)19;/h5-15H2,1-4H3;. The summed E-state index contributed by atoms with van der Waals surface area (Å²) >= 11 is 0. The molecule has 0 aliphatic rings. The maximum absolute atomic E-state index is 11.7. The maximum Gasteiger partial charge on any atom is 0.319 e. The van der Waals surface area contributed by atoms with Crippen LogP contribution in [-0.2, 0) is 50.3 Å². The molecule has 7 heteroatoms. The Morgan fingerprint density at radius 3 is 1.52 bits per heavy atom. The van der Waals surface area contributed by atoms with Crippen LogP contribution in [0.2, 0.25) is 0 Å². The van der Waals surface area contributed by atoms with Crippen molar-refractivity contribution in [3.05, 3.63) is 0 Å². The topological polar surface area (TPSA) is 71.1 Å². The molecule has 0 rings (SSSR count). The van der Waals surface area contributed by atoms with Gasteiger partial charge in [-0.2, -0.15) is 0 Å². The zero-order valence-corrected chi connectivity index (χ0v) is 17.8. The summed E-state index contributed by atoms with van der Waals surface area (Å²) in [4.78, 5) is 22.7. The summed E-state index contributed by atoms with van der Waals surface area (Å²) in [5.74, 6) is -2.22. The van der Waals surface area contributed by atoms with E-state index in [-0.39, 0.29) is 40.5 Å². The molecule has 6 nitrogen and oxygen atoms in total. The van der Waals surface area contributed by atoms with E-state index >= 15 is 0 Å². The van der Waals surface area contributed by atoms with Crippen LogP contribution in [0, 0.1) is 0 Å². The molecule has 0 spiro atoms. The first-order valence-corrected chi connectivity index (χ1v) is 9.06. The predicted molar refractivity (Wildman–Crippen MR) is 91.6 cm³/mol. The molecule has 0 heterocycles. The monoisotopic (exact) mass is 394 g/mol. The molecule has 0 aromatic heterocycles. The summed E-state index contributed by atoms with van der Waals surface area (Å²) in [6.07, 6.45) is 5.25. The van der Waals surface area contributed by atoms with Gasteiger partial charge in [0, 0.05) is 21.7 Å². The van der Waals surface area contributed by atoms with Gasteiger partial charge in [0.15, 0.2) is 6.61 Å². The summed E-state index contributed by atoms with van der Waals surface area (Å²) in [5, 5.41) is 0. The van der Waals surface area contributed by atoms with Crippen molar-refractivity contribution in [3.63, 3.8) is 0 Å². The quantitative estimate of drug-likeness (QED) is 0.131. The van der Waals surface area contributed by atoms with Gasteiger partial charge >= 0.3 is 11.9 Å². The van der Waals surface area contributed by atoms with Crippen molar-refractivity contribution in [1.82, 2.24) is 0 Å². The van der Waals surface area contributed by atoms with E-state index in [0.29, 0.717) is 19.8 Å². The first kappa shape index (κ1) is 27.0. The number of Topliss-reactive ketones (excluding diaryl/α,β-unsaturated/α-hetero) is 1. The van der Waals surface area contributed by atoms with Gasteiger partial charge in [-0.3, -0.25) is 9.59 Å². The normalized spacial score (nSPS) is 11.0. The smallest absolute Gasteiger partial charge is 0.319 e. The fourth-order valence-corrected chi connectivity index (χ4v) is 1.79. The minimum atomic E-state index is -1.38. The second-order valence-corrected chi connectivity index (χ2v) is 5.83. The average Bonchev–Trinajstić information content (AvgIpc) is 2.53. The third-order valence-corrected chi connectivity index (χ3v) is 3.26. The van der Waals surface area contributed by atoms with Gasteiger partial charge in [0.1, 0.15) is 12.2 Å². The molecule has 146 valence electrons. The Morgan fingerprint density at radius 2 is 1.20 bits per heavy atom. The molecule has 0 fully saturated rings. The Kier molecular flexibility index (Phi) is 18.5. The number of unbranched alkanes of at least 4 members (excludes halogenated alkanes) is 3. The molecule has 25 heavy (non-hydrogen) atoms. The number of ketones is 1. The van der Waals surface area contributed by atoms with Gasteiger partial charge in [-0.05, 0) is 26.2 Å². The number of ether oxygens (including phenoxy) is 4. The third kappa shape index (κ3) is 14.6. The first-order valence-electron chi connectivity index (χ1n) is 9.06. The summed E-state index contributed by atoms with van der Waals surface area (Å²) in [6.45, 7) is 8.74. The molecule has 0 radical (unpaired) electrons. The maximum atomic E-state index is 11.7. The SMILES string of the molecule is CCCCOC(COC(=O)CC(C)=O)(OCCCC)OCCCC.[Ti]. The number of esters is 1. The predicted octanol–water partition coefficient (Wildman–Crippen LogP) is 3.61. The molecule has 0 saturated heterocycles. The molecular formula is C18H34O6Ti. The zero-order chi connectivity index (χ0) is 18.3. The molecule has 0 aromatic rings. The molecule has 0 N–H and O–H groups in total. The van der Waals surface area contributed by atoms with E-state index in [1.807, 2.05) is 0 Å². The van der Waals surface area contributed by atoms with Gasteiger partial charge in [-0.1, -0.05) is 40.0 Å². The Labute approximate surface area is 167 Å². The Balaban J connectivity index is 0. The van der Waals surface area contributed by atoms with Gasteiger partial charge in [0.05, 0.1) is 19.8 Å². The molecular weight excluding hydrogens is 360 g/mol. The van der Waals surface area contributed by atoms with E-state index in [1.165, 1.54) is 6.92 Å². The molecule has 0 aliphatic heterocycles. The van der Waals surface area contributed by atoms with Crippen LogP contribution in [-0.4, -0.2) is 44.2 Å². The molecule has 0 bridgehead atoms. The molecule has 0 amide bonds. The van der Waals surface area contributed by atoms with Crippen molar-refractivity contribution in [1.29, 1.82) is 0 Å². The van der Waals surface area contributed by atoms with Crippen LogP contribution in [0.25, 0.3) is 0 Å². The van der Waals surface area contributed by atoms with Crippen LogP contribution in [0.15, 0.2) is 0 Å². The fraction of sp³-hybridized carbons (Fsp3) is 0.889. The van der Waals surface area contributed by atoms with E-state index in [9.17, 15) is 9.59 Å². The van der Waals surface area contributed by atoms with Crippen molar-refractivity contribution >= 4 is 11.8 Å². The third-order valence-electron chi connectivity index (χ3n) is 3.26. The van der Waals surface area contributed by atoms with Gasteiger partial charge in [-0.25, -0.2) is 0 Å². The Morgan fingerprint density at radius 1 is 0.800 bits per heavy atom. The van der Waals surface area contributed by atoms with Crippen LogP contribution < -0.4 is 0 Å². The number of rotatable bonds is 16. The summed E-state index contributed by atoms with van der Waals surface area (Å²) < 4.78 is 22.6. The minimum absolute atomic E-state index is 0. The van der Waals surface area contributed by atoms with Crippen molar-refractivity contribution in [2.45, 2.75) is 78.6 Å². The number of carbonyl (C=O) groups is 2. The molecule has 0 aliphatic carbocycles. The molecule has 0 aromatic carbocycles. The van der Waals surface area contributed by atoms with Crippen molar-refractivity contribution < 1.29 is 50.3 Å². The largest absolute Gasteiger partial charge is 0.457 e. The molecule has 0 unspecified atom stereocenters. The van der Waals surface area contributed by atoms with Gasteiger partial charge in [-0.15, -0.1) is 0 Å². The number of hydrogen-bond donors (Lipinski definition) is 0. The first-order chi connectivity index (χ1) is 11.5. The van der Waals surface area contributed by atoms with E-state index in [4.69, 9.17) is 18.9 Å². The van der Waals surface area contributed by atoms with Gasteiger partial charge in [0.25, 0.3) is 0 Å². The van der Waals surface area contributed by atoms with Crippen molar-refractivity contribution in [2.24, 2.45) is 0 Å². The van der Waals surface area contributed by atoms with Gasteiger partial charge in [0.2, 0.25) is 0 Å². The summed E-state index contributed by atoms with van der Waals surface area (Å²) in [6, 6.07) is 0. The second-order valence-electron chi connectivity index (χ2n) is 5.83. The Bertz CT molecular complexity index is 322. The Hall–Kier alpha value is -0.266. The second kappa shape index (κ2) is 17.2. The van der Waals surface area contributed by atoms with Crippen LogP contribution in [0.4, 0.5) is 0 Å². The van der Waals surface area contributed by atoms with E-state index in [2.05, 4.69) is 20.8 Å². The van der Waals surface area contributed by atoms with Crippen LogP contribution in [0.1, 0.15) is 72.6 Å². The van der Waals surface area contributed by atoms with Crippen LogP contribution in [0.3, 0.4) is 0 Å². The van der Waals surface area contributed by atoms with E-state index in [1.54, 1.807) is 0 Å². The molecule has 0 saturated carbocycles.